The number of carbonyl (C=O) groups is 1. The lowest BCUT2D eigenvalue weighted by Crippen LogP contribution is -2.09. The molecule has 0 spiro atoms. The number of carbonyl (C=O) groups excluding carboxylic acids is 1. The SMILES string of the molecule is COc1cc(F)c(C(=O)c2c(N)cccc2Cl)cc1OC. The minimum absolute atomic E-state index is 0.0605. The molecule has 0 unspecified atom stereocenters. The van der Waals surface area contributed by atoms with Gasteiger partial charge in [0.1, 0.15) is 5.82 Å². The van der Waals surface area contributed by atoms with Crippen molar-refractivity contribution in [2.75, 3.05) is 20.0 Å². The molecule has 2 N–H and O–H groups in total. The van der Waals surface area contributed by atoms with Crippen LogP contribution in [-0.4, -0.2) is 20.0 Å². The molecule has 0 aliphatic heterocycles. The zero-order valence-corrected chi connectivity index (χ0v) is 12.2. The second-order valence-corrected chi connectivity index (χ2v) is 4.63. The Kier molecular flexibility index (Phi) is 4.33. The van der Waals surface area contributed by atoms with Crippen molar-refractivity contribution in [1.29, 1.82) is 0 Å². The summed E-state index contributed by atoms with van der Waals surface area (Å²) in [7, 11) is 2.78. The molecular formula is C15H13ClFNO3. The van der Waals surface area contributed by atoms with Gasteiger partial charge in [-0.1, -0.05) is 17.7 Å². The lowest BCUT2D eigenvalue weighted by atomic mass is 10.0. The highest BCUT2D eigenvalue weighted by Crippen LogP contribution is 2.33. The van der Waals surface area contributed by atoms with E-state index in [-0.39, 0.29) is 33.3 Å². The molecule has 0 saturated carbocycles. The summed E-state index contributed by atoms with van der Waals surface area (Å²) in [6.07, 6.45) is 0. The minimum Gasteiger partial charge on any atom is -0.493 e. The molecule has 0 saturated heterocycles. The first-order chi connectivity index (χ1) is 9.99. The molecule has 6 heteroatoms. The molecule has 4 nitrogen and oxygen atoms in total. The van der Waals surface area contributed by atoms with E-state index in [0.29, 0.717) is 0 Å². The van der Waals surface area contributed by atoms with Crippen molar-refractivity contribution in [1.82, 2.24) is 0 Å². The van der Waals surface area contributed by atoms with E-state index in [0.717, 1.165) is 6.07 Å². The Labute approximate surface area is 126 Å². The quantitative estimate of drug-likeness (QED) is 0.695. The molecule has 0 amide bonds. The smallest absolute Gasteiger partial charge is 0.199 e. The zero-order valence-electron chi connectivity index (χ0n) is 11.4. The third-order valence-corrected chi connectivity index (χ3v) is 3.31. The molecule has 0 bridgehead atoms. The number of methoxy groups -OCH3 is 2. The van der Waals surface area contributed by atoms with Crippen LogP contribution in [0.15, 0.2) is 30.3 Å². The lowest BCUT2D eigenvalue weighted by molar-refractivity contribution is 0.103. The van der Waals surface area contributed by atoms with Crippen molar-refractivity contribution < 1.29 is 18.7 Å². The van der Waals surface area contributed by atoms with Crippen LogP contribution < -0.4 is 15.2 Å². The normalized spacial score (nSPS) is 10.3. The predicted molar refractivity (Wildman–Crippen MR) is 78.8 cm³/mol. The van der Waals surface area contributed by atoms with Crippen LogP contribution in [0.1, 0.15) is 15.9 Å². The average molecular weight is 310 g/mol. The maximum absolute atomic E-state index is 14.1. The van der Waals surface area contributed by atoms with E-state index in [1.165, 1.54) is 32.4 Å². The Hall–Kier alpha value is -2.27. The van der Waals surface area contributed by atoms with Crippen molar-refractivity contribution in [3.63, 3.8) is 0 Å². The number of nitrogens with two attached hydrogens (primary N) is 1. The van der Waals surface area contributed by atoms with Gasteiger partial charge >= 0.3 is 0 Å². The lowest BCUT2D eigenvalue weighted by Gasteiger charge is -2.12. The van der Waals surface area contributed by atoms with Crippen molar-refractivity contribution in [3.8, 4) is 11.5 Å². The average Bonchev–Trinajstić information content (AvgIpc) is 2.46. The van der Waals surface area contributed by atoms with E-state index in [9.17, 15) is 9.18 Å². The van der Waals surface area contributed by atoms with Crippen molar-refractivity contribution in [3.05, 3.63) is 52.3 Å². The largest absolute Gasteiger partial charge is 0.493 e. The van der Waals surface area contributed by atoms with Crippen LogP contribution in [-0.2, 0) is 0 Å². The first kappa shape index (κ1) is 15.1. The monoisotopic (exact) mass is 309 g/mol. The van der Waals surface area contributed by atoms with Gasteiger partial charge in [-0.25, -0.2) is 4.39 Å². The summed E-state index contributed by atoms with van der Waals surface area (Å²) in [6.45, 7) is 0. The van der Waals surface area contributed by atoms with Gasteiger partial charge in [-0.15, -0.1) is 0 Å². The number of ether oxygens (including phenoxy) is 2. The molecule has 2 rings (SSSR count). The second-order valence-electron chi connectivity index (χ2n) is 4.22. The van der Waals surface area contributed by atoms with Crippen LogP contribution in [0.4, 0.5) is 10.1 Å². The van der Waals surface area contributed by atoms with Crippen molar-refractivity contribution >= 4 is 23.1 Å². The van der Waals surface area contributed by atoms with Gasteiger partial charge in [-0.3, -0.25) is 4.79 Å². The van der Waals surface area contributed by atoms with Crippen molar-refractivity contribution in [2.24, 2.45) is 0 Å². The Balaban J connectivity index is 2.59. The molecule has 2 aromatic carbocycles. The predicted octanol–water partition coefficient (Wildman–Crippen LogP) is 3.31. The Morgan fingerprint density at radius 1 is 1.19 bits per heavy atom. The van der Waals surface area contributed by atoms with Crippen LogP contribution in [0.5, 0.6) is 11.5 Å². The summed E-state index contributed by atoms with van der Waals surface area (Å²) in [6, 6.07) is 7.00. The fourth-order valence-electron chi connectivity index (χ4n) is 1.94. The van der Waals surface area contributed by atoms with E-state index in [1.807, 2.05) is 0 Å². The summed E-state index contributed by atoms with van der Waals surface area (Å²) in [5, 5.41) is 0.161. The van der Waals surface area contributed by atoms with Gasteiger partial charge in [0.15, 0.2) is 17.3 Å². The molecule has 21 heavy (non-hydrogen) atoms. The number of rotatable bonds is 4. The Morgan fingerprint density at radius 2 is 1.81 bits per heavy atom. The van der Waals surface area contributed by atoms with Crippen LogP contribution >= 0.6 is 11.6 Å². The summed E-state index contributed by atoms with van der Waals surface area (Å²) in [4.78, 5) is 12.5. The summed E-state index contributed by atoms with van der Waals surface area (Å²) in [5.74, 6) is -0.917. The highest BCUT2D eigenvalue weighted by molar-refractivity contribution is 6.35. The standard InChI is InChI=1S/C15H13ClFNO3/c1-20-12-6-8(10(17)7-13(12)21-2)15(19)14-9(16)4-3-5-11(14)18/h3-7H,18H2,1-2H3. The third kappa shape index (κ3) is 2.78. The molecule has 0 radical (unpaired) electrons. The number of anilines is 1. The minimum atomic E-state index is -0.739. The fourth-order valence-corrected chi connectivity index (χ4v) is 2.21. The van der Waals surface area contributed by atoms with Gasteiger partial charge in [0, 0.05) is 11.8 Å². The molecule has 110 valence electrons. The van der Waals surface area contributed by atoms with E-state index in [2.05, 4.69) is 0 Å². The van der Waals surface area contributed by atoms with Crippen LogP contribution in [0, 0.1) is 5.82 Å². The number of halogens is 2. The molecular weight excluding hydrogens is 297 g/mol. The van der Waals surface area contributed by atoms with Crippen LogP contribution in [0.2, 0.25) is 5.02 Å². The van der Waals surface area contributed by atoms with E-state index < -0.39 is 11.6 Å². The summed E-state index contributed by atoms with van der Waals surface area (Å²) < 4.78 is 24.2. The van der Waals surface area contributed by atoms with Gasteiger partial charge in [0.25, 0.3) is 0 Å². The van der Waals surface area contributed by atoms with E-state index >= 15 is 0 Å². The van der Waals surface area contributed by atoms with E-state index in [4.69, 9.17) is 26.8 Å². The molecule has 0 aliphatic rings. The Bertz CT molecular complexity index is 683. The number of hydrogen-bond acceptors (Lipinski definition) is 4. The number of benzene rings is 2. The second kappa shape index (κ2) is 6.01. The van der Waals surface area contributed by atoms with Gasteiger partial charge in [0.2, 0.25) is 0 Å². The molecule has 0 fully saturated rings. The molecule has 2 aromatic rings. The van der Waals surface area contributed by atoms with Crippen molar-refractivity contribution in [2.45, 2.75) is 0 Å². The first-order valence-electron chi connectivity index (χ1n) is 5.99. The van der Waals surface area contributed by atoms with Gasteiger partial charge in [0.05, 0.1) is 30.4 Å². The molecule has 0 atom stereocenters. The zero-order chi connectivity index (χ0) is 15.6. The van der Waals surface area contributed by atoms with E-state index in [1.54, 1.807) is 6.07 Å². The fraction of sp³-hybridized carbons (Fsp3) is 0.133. The number of nitrogen functional groups attached to an aromatic ring is 1. The van der Waals surface area contributed by atoms with Crippen LogP contribution in [0.3, 0.4) is 0 Å². The van der Waals surface area contributed by atoms with Gasteiger partial charge < -0.3 is 15.2 Å². The maximum atomic E-state index is 14.1. The Morgan fingerprint density at radius 3 is 2.38 bits per heavy atom. The number of hydrogen-bond donors (Lipinski definition) is 1. The maximum Gasteiger partial charge on any atom is 0.199 e. The number of ketones is 1. The molecule has 0 heterocycles. The third-order valence-electron chi connectivity index (χ3n) is 2.99. The summed E-state index contributed by atoms with van der Waals surface area (Å²) >= 11 is 5.98. The first-order valence-corrected chi connectivity index (χ1v) is 6.37. The summed E-state index contributed by atoms with van der Waals surface area (Å²) in [5.41, 5.74) is 5.81. The highest BCUT2D eigenvalue weighted by atomic mass is 35.5. The van der Waals surface area contributed by atoms with Gasteiger partial charge in [-0.2, -0.15) is 0 Å². The molecule has 0 aromatic heterocycles. The molecule has 0 aliphatic carbocycles. The van der Waals surface area contributed by atoms with Gasteiger partial charge in [-0.05, 0) is 18.2 Å². The highest BCUT2D eigenvalue weighted by Gasteiger charge is 2.22. The van der Waals surface area contributed by atoms with Crippen LogP contribution in [0.25, 0.3) is 0 Å². The topological polar surface area (TPSA) is 61.5 Å².